The molecule has 0 heterocycles. The van der Waals surface area contributed by atoms with Gasteiger partial charge in [0.1, 0.15) is 0 Å². The maximum atomic E-state index is 11.7. The third-order valence-electron chi connectivity index (χ3n) is 5.29. The molecule has 0 aliphatic heterocycles. The number of hydrogen-bond acceptors (Lipinski definition) is 7. The molecule has 0 saturated carbocycles. The Kier molecular flexibility index (Phi) is 4.90. The van der Waals surface area contributed by atoms with Crippen LogP contribution in [0.15, 0.2) is 54.6 Å². The Balaban J connectivity index is 2.02. The fourth-order valence-corrected chi connectivity index (χ4v) is 3.78. The molecular formula is C22H16N4O6. The van der Waals surface area contributed by atoms with Crippen LogP contribution in [0.5, 0.6) is 0 Å². The van der Waals surface area contributed by atoms with Crippen LogP contribution in [0.3, 0.4) is 0 Å². The molecule has 0 unspecified atom stereocenters. The van der Waals surface area contributed by atoms with Crippen LogP contribution in [0.25, 0.3) is 22.8 Å². The fourth-order valence-electron chi connectivity index (χ4n) is 3.78. The van der Waals surface area contributed by atoms with Crippen molar-refractivity contribution in [3.05, 3.63) is 102 Å². The van der Waals surface area contributed by atoms with E-state index in [1.54, 1.807) is 6.08 Å². The highest BCUT2D eigenvalue weighted by molar-refractivity contribution is 6.09. The predicted octanol–water partition coefficient (Wildman–Crippen LogP) is 5.05. The van der Waals surface area contributed by atoms with Crippen molar-refractivity contribution in [2.45, 2.75) is 0 Å². The molecule has 0 spiro atoms. The van der Waals surface area contributed by atoms with E-state index in [4.69, 9.17) is 0 Å². The van der Waals surface area contributed by atoms with Gasteiger partial charge in [-0.25, -0.2) is 0 Å². The van der Waals surface area contributed by atoms with Crippen LogP contribution in [-0.2, 0) is 0 Å². The van der Waals surface area contributed by atoms with Crippen molar-refractivity contribution >= 4 is 34.4 Å². The van der Waals surface area contributed by atoms with Crippen molar-refractivity contribution in [3.63, 3.8) is 0 Å². The van der Waals surface area contributed by atoms with Gasteiger partial charge in [0.15, 0.2) is 0 Å². The highest BCUT2D eigenvalue weighted by Gasteiger charge is 2.34. The molecule has 3 aromatic carbocycles. The van der Waals surface area contributed by atoms with Gasteiger partial charge in [0.2, 0.25) is 0 Å². The lowest BCUT2D eigenvalue weighted by Crippen LogP contribution is -2.07. The first kappa shape index (κ1) is 20.7. The normalized spacial score (nSPS) is 12.9. The summed E-state index contributed by atoms with van der Waals surface area (Å²) in [6.07, 6.45) is 1.72. The Labute approximate surface area is 181 Å². The lowest BCUT2D eigenvalue weighted by atomic mass is 10.00. The lowest BCUT2D eigenvalue weighted by molar-refractivity contribution is -0.393. The average molecular weight is 432 g/mol. The molecule has 10 heteroatoms. The monoisotopic (exact) mass is 432 g/mol. The van der Waals surface area contributed by atoms with E-state index in [0.29, 0.717) is 16.7 Å². The van der Waals surface area contributed by atoms with Crippen molar-refractivity contribution in [1.82, 2.24) is 0 Å². The summed E-state index contributed by atoms with van der Waals surface area (Å²) >= 11 is 0. The maximum absolute atomic E-state index is 11.7. The summed E-state index contributed by atoms with van der Waals surface area (Å²) in [4.78, 5) is 34.5. The lowest BCUT2D eigenvalue weighted by Gasteiger charge is -2.12. The summed E-state index contributed by atoms with van der Waals surface area (Å²) in [6, 6.07) is 13.7. The average Bonchev–Trinajstić information content (AvgIpc) is 3.06. The Morgan fingerprint density at radius 1 is 0.719 bits per heavy atom. The van der Waals surface area contributed by atoms with Gasteiger partial charge in [-0.05, 0) is 46.5 Å². The molecule has 0 aromatic heterocycles. The molecule has 0 N–H and O–H groups in total. The van der Waals surface area contributed by atoms with E-state index in [2.05, 4.69) is 0 Å². The summed E-state index contributed by atoms with van der Waals surface area (Å²) in [6.45, 7) is 0. The van der Waals surface area contributed by atoms with Gasteiger partial charge in [-0.3, -0.25) is 30.3 Å². The van der Waals surface area contributed by atoms with Crippen molar-refractivity contribution in [1.29, 1.82) is 0 Å². The molecule has 0 saturated heterocycles. The van der Waals surface area contributed by atoms with Crippen molar-refractivity contribution in [3.8, 4) is 11.1 Å². The van der Waals surface area contributed by atoms with Gasteiger partial charge >= 0.3 is 0 Å². The van der Waals surface area contributed by atoms with Gasteiger partial charge in [-0.2, -0.15) is 0 Å². The van der Waals surface area contributed by atoms with E-state index >= 15 is 0 Å². The van der Waals surface area contributed by atoms with Gasteiger partial charge in [-0.15, -0.1) is 0 Å². The number of anilines is 1. The number of nitro benzene ring substituents is 3. The molecule has 1 aliphatic carbocycles. The first-order valence-corrected chi connectivity index (χ1v) is 9.43. The molecular weight excluding hydrogens is 416 g/mol. The van der Waals surface area contributed by atoms with Crippen LogP contribution in [0, 0.1) is 30.3 Å². The zero-order valence-corrected chi connectivity index (χ0v) is 17.0. The van der Waals surface area contributed by atoms with Gasteiger partial charge < -0.3 is 4.90 Å². The van der Waals surface area contributed by atoms with Crippen LogP contribution in [0.4, 0.5) is 22.7 Å². The highest BCUT2D eigenvalue weighted by Crippen LogP contribution is 2.51. The van der Waals surface area contributed by atoms with Crippen molar-refractivity contribution in [2.75, 3.05) is 19.0 Å². The molecule has 4 rings (SSSR count). The summed E-state index contributed by atoms with van der Waals surface area (Å²) in [5.74, 6) is 0. The minimum Gasteiger partial charge on any atom is -0.378 e. The van der Waals surface area contributed by atoms with E-state index in [0.717, 1.165) is 17.3 Å². The summed E-state index contributed by atoms with van der Waals surface area (Å²) < 4.78 is 0. The topological polar surface area (TPSA) is 133 Å². The van der Waals surface area contributed by atoms with Gasteiger partial charge in [-0.1, -0.05) is 12.1 Å². The van der Waals surface area contributed by atoms with Crippen LogP contribution >= 0.6 is 0 Å². The van der Waals surface area contributed by atoms with Gasteiger partial charge in [0.25, 0.3) is 17.1 Å². The largest absolute Gasteiger partial charge is 0.378 e. The SMILES string of the molecule is CN(C)c1ccc(/C=C2/c3cc([N+](=O)[O-])ccc3-c3c2cc([N+](=O)[O-])cc3[N+](=O)[O-])cc1. The zero-order chi connectivity index (χ0) is 23.2. The third-order valence-corrected chi connectivity index (χ3v) is 5.29. The molecule has 160 valence electrons. The molecule has 0 atom stereocenters. The van der Waals surface area contributed by atoms with Crippen LogP contribution < -0.4 is 4.90 Å². The van der Waals surface area contributed by atoms with Crippen LogP contribution in [0.2, 0.25) is 0 Å². The van der Waals surface area contributed by atoms with E-state index in [-0.39, 0.29) is 16.8 Å². The van der Waals surface area contributed by atoms with Gasteiger partial charge in [0, 0.05) is 43.5 Å². The number of nitrogens with zero attached hydrogens (tertiary/aromatic N) is 4. The predicted molar refractivity (Wildman–Crippen MR) is 120 cm³/mol. The minimum absolute atomic E-state index is 0.178. The minimum atomic E-state index is -0.692. The molecule has 0 bridgehead atoms. The standard InChI is InChI=1S/C22H16N4O6/c1-23(2)14-5-3-13(4-6-14)9-18-19-10-15(24(27)28)7-8-17(19)22-20(18)11-16(25(29)30)12-21(22)26(31)32/h3-12H,1-2H3/b18-9-. The Bertz CT molecular complexity index is 1330. The second-order valence-electron chi connectivity index (χ2n) is 7.43. The smallest absolute Gasteiger partial charge is 0.284 e. The Morgan fingerprint density at radius 3 is 1.91 bits per heavy atom. The molecule has 0 radical (unpaired) electrons. The van der Waals surface area contributed by atoms with Crippen molar-refractivity contribution in [2.24, 2.45) is 0 Å². The Morgan fingerprint density at radius 2 is 1.34 bits per heavy atom. The molecule has 0 fully saturated rings. The number of hydrogen-bond donors (Lipinski definition) is 0. The van der Waals surface area contributed by atoms with E-state index in [9.17, 15) is 30.3 Å². The van der Waals surface area contributed by atoms with Gasteiger partial charge in [0.05, 0.1) is 26.4 Å². The molecule has 32 heavy (non-hydrogen) atoms. The Hall–Kier alpha value is -4.60. The van der Waals surface area contributed by atoms with Crippen LogP contribution in [0.1, 0.15) is 16.7 Å². The fraction of sp³-hybridized carbons (Fsp3) is 0.0909. The number of non-ortho nitro benzene ring substituents is 2. The number of nitro groups is 3. The van der Waals surface area contributed by atoms with E-state index < -0.39 is 26.1 Å². The highest BCUT2D eigenvalue weighted by atomic mass is 16.6. The maximum Gasteiger partial charge on any atom is 0.284 e. The summed E-state index contributed by atoms with van der Waals surface area (Å²) in [5, 5.41) is 34.5. The summed E-state index contributed by atoms with van der Waals surface area (Å²) in [5.41, 5.74) is 2.46. The number of benzene rings is 3. The second-order valence-corrected chi connectivity index (χ2v) is 7.43. The molecule has 0 amide bonds. The first-order chi connectivity index (χ1) is 15.2. The van der Waals surface area contributed by atoms with E-state index in [1.807, 2.05) is 43.3 Å². The second kappa shape index (κ2) is 7.58. The first-order valence-electron chi connectivity index (χ1n) is 9.43. The number of fused-ring (bicyclic) bond motifs is 3. The third kappa shape index (κ3) is 3.43. The van der Waals surface area contributed by atoms with Crippen LogP contribution in [-0.4, -0.2) is 28.9 Å². The molecule has 10 nitrogen and oxygen atoms in total. The quantitative estimate of drug-likeness (QED) is 0.318. The van der Waals surface area contributed by atoms with E-state index in [1.165, 1.54) is 24.3 Å². The zero-order valence-electron chi connectivity index (χ0n) is 17.0. The summed E-state index contributed by atoms with van der Waals surface area (Å²) in [7, 11) is 3.79. The number of rotatable bonds is 5. The van der Waals surface area contributed by atoms with Crippen molar-refractivity contribution < 1.29 is 14.8 Å². The molecule has 1 aliphatic rings. The molecule has 3 aromatic rings.